The molecule has 0 heterocycles. The monoisotopic (exact) mass is 241 g/mol. The molecule has 0 radical (unpaired) electrons. The van der Waals surface area contributed by atoms with Crippen LogP contribution in [0.1, 0.15) is 27.2 Å². The van der Waals surface area contributed by atoms with Gasteiger partial charge in [-0.25, -0.2) is 0 Å². The molecule has 98 valence electrons. The van der Waals surface area contributed by atoms with Crippen molar-refractivity contribution in [2.45, 2.75) is 32.7 Å². The molecule has 0 fully saturated rings. The lowest BCUT2D eigenvalue weighted by Gasteiger charge is -2.25. The van der Waals surface area contributed by atoms with Crippen molar-refractivity contribution in [3.05, 3.63) is 0 Å². The molecule has 0 aromatic carbocycles. The zero-order valence-corrected chi connectivity index (χ0v) is 11.2. The van der Waals surface area contributed by atoms with Gasteiger partial charge in [0.25, 0.3) is 0 Å². The van der Waals surface area contributed by atoms with Gasteiger partial charge < -0.3 is 15.0 Å². The topological polar surface area (TPSA) is 65.4 Å². The fourth-order valence-corrected chi connectivity index (χ4v) is 1.20. The summed E-state index contributed by atoms with van der Waals surface area (Å²) in [6, 6.07) is 2.05. The Labute approximate surface area is 104 Å². The van der Waals surface area contributed by atoms with E-state index in [-0.39, 0.29) is 11.4 Å². The summed E-state index contributed by atoms with van der Waals surface area (Å²) in [7, 11) is 1.60. The van der Waals surface area contributed by atoms with Gasteiger partial charge in [0, 0.05) is 25.7 Å². The minimum atomic E-state index is -0.0855. The molecule has 17 heavy (non-hydrogen) atoms. The SMILES string of the molecule is COCCN(CCC#N)C(=O)CNC(C)(C)C. The van der Waals surface area contributed by atoms with E-state index < -0.39 is 0 Å². The van der Waals surface area contributed by atoms with E-state index in [0.29, 0.717) is 32.7 Å². The van der Waals surface area contributed by atoms with Crippen LogP contribution in [0.5, 0.6) is 0 Å². The molecule has 0 aromatic rings. The minimum absolute atomic E-state index is 0.00669. The molecule has 1 N–H and O–H groups in total. The smallest absolute Gasteiger partial charge is 0.236 e. The highest BCUT2D eigenvalue weighted by Crippen LogP contribution is 1.99. The van der Waals surface area contributed by atoms with E-state index >= 15 is 0 Å². The first-order valence-corrected chi connectivity index (χ1v) is 5.79. The Kier molecular flexibility index (Phi) is 7.51. The van der Waals surface area contributed by atoms with Crippen molar-refractivity contribution in [1.29, 1.82) is 5.26 Å². The molecule has 0 aliphatic carbocycles. The van der Waals surface area contributed by atoms with Gasteiger partial charge >= 0.3 is 0 Å². The third-order valence-corrected chi connectivity index (χ3v) is 2.18. The average Bonchev–Trinajstić information content (AvgIpc) is 2.25. The van der Waals surface area contributed by atoms with E-state index in [0.717, 1.165) is 0 Å². The summed E-state index contributed by atoms with van der Waals surface area (Å²) in [5, 5.41) is 11.7. The van der Waals surface area contributed by atoms with Crippen molar-refractivity contribution in [3.8, 4) is 6.07 Å². The Morgan fingerprint density at radius 3 is 2.53 bits per heavy atom. The first kappa shape index (κ1) is 15.9. The molecule has 0 aliphatic heterocycles. The van der Waals surface area contributed by atoms with Gasteiger partial charge in [0.15, 0.2) is 0 Å². The van der Waals surface area contributed by atoms with Gasteiger partial charge in [-0.05, 0) is 20.8 Å². The van der Waals surface area contributed by atoms with Crippen LogP contribution in [0.15, 0.2) is 0 Å². The normalized spacial score (nSPS) is 11.0. The predicted octanol–water partition coefficient (Wildman–Crippen LogP) is 0.763. The number of carbonyl (C=O) groups is 1. The van der Waals surface area contributed by atoms with Gasteiger partial charge in [-0.1, -0.05) is 0 Å². The first-order chi connectivity index (χ1) is 7.90. The van der Waals surface area contributed by atoms with Crippen LogP contribution in [0.2, 0.25) is 0 Å². The lowest BCUT2D eigenvalue weighted by atomic mass is 10.1. The number of carbonyl (C=O) groups excluding carboxylic acids is 1. The number of rotatable bonds is 7. The van der Waals surface area contributed by atoms with E-state index in [1.807, 2.05) is 26.8 Å². The maximum atomic E-state index is 11.9. The average molecular weight is 241 g/mol. The third kappa shape index (κ3) is 8.66. The molecule has 0 spiro atoms. The lowest BCUT2D eigenvalue weighted by Crippen LogP contribution is -2.46. The van der Waals surface area contributed by atoms with Crippen LogP contribution in [-0.2, 0) is 9.53 Å². The highest BCUT2D eigenvalue weighted by atomic mass is 16.5. The second kappa shape index (κ2) is 8.04. The van der Waals surface area contributed by atoms with Crippen LogP contribution in [0.25, 0.3) is 0 Å². The second-order valence-corrected chi connectivity index (χ2v) is 4.89. The van der Waals surface area contributed by atoms with Gasteiger partial charge in [0.1, 0.15) is 0 Å². The summed E-state index contributed by atoms with van der Waals surface area (Å²) in [6.45, 7) is 7.80. The Morgan fingerprint density at radius 2 is 2.06 bits per heavy atom. The van der Waals surface area contributed by atoms with Crippen molar-refractivity contribution in [2.75, 3.05) is 33.4 Å². The second-order valence-electron chi connectivity index (χ2n) is 4.89. The van der Waals surface area contributed by atoms with E-state index in [9.17, 15) is 4.79 Å². The van der Waals surface area contributed by atoms with Gasteiger partial charge in [-0.3, -0.25) is 4.79 Å². The zero-order chi connectivity index (χ0) is 13.3. The molecule has 0 atom stereocenters. The molecular formula is C12H23N3O2. The Morgan fingerprint density at radius 1 is 1.41 bits per heavy atom. The molecular weight excluding hydrogens is 218 g/mol. The third-order valence-electron chi connectivity index (χ3n) is 2.18. The standard InChI is InChI=1S/C12H23N3O2/c1-12(2,3)14-10-11(16)15(7-5-6-13)8-9-17-4/h14H,5,7-10H2,1-4H3. The highest BCUT2D eigenvalue weighted by Gasteiger charge is 2.16. The molecule has 5 heteroatoms. The largest absolute Gasteiger partial charge is 0.383 e. The molecule has 0 unspecified atom stereocenters. The van der Waals surface area contributed by atoms with E-state index in [2.05, 4.69) is 5.32 Å². The number of nitriles is 1. The van der Waals surface area contributed by atoms with Crippen LogP contribution >= 0.6 is 0 Å². The van der Waals surface area contributed by atoms with E-state index in [1.54, 1.807) is 12.0 Å². The summed E-state index contributed by atoms with van der Waals surface area (Å²) in [5.74, 6) is 0.00669. The lowest BCUT2D eigenvalue weighted by molar-refractivity contribution is -0.131. The number of hydrogen-bond donors (Lipinski definition) is 1. The summed E-state index contributed by atoms with van der Waals surface area (Å²) in [5.41, 5.74) is -0.0855. The number of ether oxygens (including phenoxy) is 1. The van der Waals surface area contributed by atoms with Crippen LogP contribution < -0.4 is 5.32 Å². The Bertz CT molecular complexity index is 266. The van der Waals surface area contributed by atoms with Crippen LogP contribution in [0, 0.1) is 11.3 Å². The van der Waals surface area contributed by atoms with Crippen LogP contribution in [0.3, 0.4) is 0 Å². The molecule has 1 amide bonds. The van der Waals surface area contributed by atoms with Gasteiger partial charge in [0.05, 0.1) is 25.6 Å². The number of hydrogen-bond acceptors (Lipinski definition) is 4. The molecule has 0 saturated heterocycles. The number of nitrogens with one attached hydrogen (secondary N) is 1. The van der Waals surface area contributed by atoms with E-state index in [4.69, 9.17) is 10.00 Å². The highest BCUT2D eigenvalue weighted by molar-refractivity contribution is 5.78. The van der Waals surface area contributed by atoms with Crippen LogP contribution in [-0.4, -0.2) is 49.7 Å². The molecule has 0 saturated carbocycles. The minimum Gasteiger partial charge on any atom is -0.383 e. The Hall–Kier alpha value is -1.12. The Balaban J connectivity index is 4.17. The predicted molar refractivity (Wildman–Crippen MR) is 66.4 cm³/mol. The summed E-state index contributed by atoms with van der Waals surface area (Å²) in [4.78, 5) is 13.6. The zero-order valence-electron chi connectivity index (χ0n) is 11.2. The quantitative estimate of drug-likeness (QED) is 0.715. The summed E-state index contributed by atoms with van der Waals surface area (Å²) >= 11 is 0. The van der Waals surface area contributed by atoms with Gasteiger partial charge in [-0.15, -0.1) is 0 Å². The molecule has 0 aromatic heterocycles. The van der Waals surface area contributed by atoms with Gasteiger partial charge in [-0.2, -0.15) is 5.26 Å². The van der Waals surface area contributed by atoms with Crippen molar-refractivity contribution in [2.24, 2.45) is 0 Å². The molecule has 0 rings (SSSR count). The fraction of sp³-hybridized carbons (Fsp3) is 0.833. The van der Waals surface area contributed by atoms with Gasteiger partial charge in [0.2, 0.25) is 5.91 Å². The summed E-state index contributed by atoms with van der Waals surface area (Å²) in [6.07, 6.45) is 0.352. The van der Waals surface area contributed by atoms with Crippen molar-refractivity contribution in [3.63, 3.8) is 0 Å². The van der Waals surface area contributed by atoms with Crippen molar-refractivity contribution in [1.82, 2.24) is 10.2 Å². The number of methoxy groups -OCH3 is 1. The molecule has 0 bridgehead atoms. The van der Waals surface area contributed by atoms with E-state index in [1.165, 1.54) is 0 Å². The maximum absolute atomic E-state index is 11.9. The number of amides is 1. The first-order valence-electron chi connectivity index (χ1n) is 5.79. The number of nitrogens with zero attached hydrogens (tertiary/aromatic N) is 2. The molecule has 5 nitrogen and oxygen atoms in total. The molecule has 0 aliphatic rings. The van der Waals surface area contributed by atoms with Crippen molar-refractivity contribution >= 4 is 5.91 Å². The van der Waals surface area contributed by atoms with Crippen LogP contribution in [0.4, 0.5) is 0 Å². The summed E-state index contributed by atoms with van der Waals surface area (Å²) < 4.78 is 4.95. The maximum Gasteiger partial charge on any atom is 0.236 e. The van der Waals surface area contributed by atoms with Crippen molar-refractivity contribution < 1.29 is 9.53 Å². The fourth-order valence-electron chi connectivity index (χ4n) is 1.20.